The largest absolute Gasteiger partial charge is 0.379 e. The molecule has 1 aliphatic carbocycles. The average molecular weight is 351 g/mol. The summed E-state index contributed by atoms with van der Waals surface area (Å²) in [6.07, 6.45) is 3.76. The monoisotopic (exact) mass is 350 g/mol. The van der Waals surface area contributed by atoms with Gasteiger partial charge in [-0.3, -0.25) is 4.99 Å². The van der Waals surface area contributed by atoms with Crippen molar-refractivity contribution in [2.45, 2.75) is 25.3 Å². The van der Waals surface area contributed by atoms with Crippen molar-refractivity contribution in [2.24, 2.45) is 10.9 Å². The number of hydrogen-bond donors (Lipinski definition) is 2. The predicted octanol–water partition coefficient (Wildman–Crippen LogP) is 2.51. The molecule has 1 heterocycles. The first-order valence-electron chi connectivity index (χ1n) is 8.80. The van der Waals surface area contributed by atoms with Gasteiger partial charge < -0.3 is 20.3 Å². The Balaban J connectivity index is 1.38. The van der Waals surface area contributed by atoms with E-state index < -0.39 is 0 Å². The Hall–Kier alpha value is -1.46. The molecule has 0 aromatic heterocycles. The second-order valence-corrected chi connectivity index (χ2v) is 7.01. The summed E-state index contributed by atoms with van der Waals surface area (Å²) in [6.45, 7) is 4.41. The molecule has 5 nitrogen and oxygen atoms in total. The SMILES string of the molecule is CN=C(NCCOCC1CC1)NC1CCN(c2cccc(Cl)c2)C1. The number of hydrogen-bond acceptors (Lipinski definition) is 3. The van der Waals surface area contributed by atoms with Gasteiger partial charge in [0.05, 0.1) is 6.61 Å². The number of anilines is 1. The van der Waals surface area contributed by atoms with E-state index in [4.69, 9.17) is 16.3 Å². The van der Waals surface area contributed by atoms with E-state index in [1.54, 1.807) is 0 Å². The Morgan fingerprint density at radius 1 is 1.38 bits per heavy atom. The molecule has 1 aromatic carbocycles. The fourth-order valence-electron chi connectivity index (χ4n) is 2.95. The molecule has 1 unspecified atom stereocenters. The van der Waals surface area contributed by atoms with Crippen molar-refractivity contribution in [1.82, 2.24) is 10.6 Å². The molecule has 6 heteroatoms. The molecule has 3 rings (SSSR count). The number of nitrogens with zero attached hydrogens (tertiary/aromatic N) is 2. The third-order valence-electron chi connectivity index (χ3n) is 4.52. The Morgan fingerprint density at radius 2 is 2.25 bits per heavy atom. The number of guanidine groups is 1. The van der Waals surface area contributed by atoms with Crippen molar-refractivity contribution in [2.75, 3.05) is 44.8 Å². The topological polar surface area (TPSA) is 48.9 Å². The maximum absolute atomic E-state index is 6.09. The minimum absolute atomic E-state index is 0.391. The van der Waals surface area contributed by atoms with E-state index in [0.29, 0.717) is 6.04 Å². The van der Waals surface area contributed by atoms with Gasteiger partial charge in [0.2, 0.25) is 0 Å². The Labute approximate surface area is 149 Å². The van der Waals surface area contributed by atoms with Crippen molar-refractivity contribution in [3.05, 3.63) is 29.3 Å². The van der Waals surface area contributed by atoms with Crippen molar-refractivity contribution in [3.8, 4) is 0 Å². The lowest BCUT2D eigenvalue weighted by Gasteiger charge is -2.20. The molecule has 0 bridgehead atoms. The summed E-state index contributed by atoms with van der Waals surface area (Å²) >= 11 is 6.09. The van der Waals surface area contributed by atoms with E-state index in [1.807, 2.05) is 25.2 Å². The highest BCUT2D eigenvalue weighted by atomic mass is 35.5. The molecule has 0 amide bonds. The number of ether oxygens (including phenoxy) is 1. The summed E-state index contributed by atoms with van der Waals surface area (Å²) in [5.41, 5.74) is 1.18. The standard InChI is InChI=1S/C18H27ClN4O/c1-20-18(21-8-10-24-13-14-5-6-14)22-16-7-9-23(12-16)17-4-2-3-15(19)11-17/h2-4,11,14,16H,5-10,12-13H2,1H3,(H2,20,21,22). The molecule has 1 saturated carbocycles. The van der Waals surface area contributed by atoms with E-state index in [-0.39, 0.29) is 0 Å². The molecule has 1 aliphatic heterocycles. The first-order valence-corrected chi connectivity index (χ1v) is 9.18. The lowest BCUT2D eigenvalue weighted by atomic mass is 10.3. The Bertz CT molecular complexity index is 562. The van der Waals surface area contributed by atoms with Crippen LogP contribution in [0.1, 0.15) is 19.3 Å². The smallest absolute Gasteiger partial charge is 0.191 e. The molecule has 24 heavy (non-hydrogen) atoms. The van der Waals surface area contributed by atoms with Gasteiger partial charge in [-0.25, -0.2) is 0 Å². The van der Waals surface area contributed by atoms with E-state index in [2.05, 4.69) is 26.6 Å². The fraction of sp³-hybridized carbons (Fsp3) is 0.611. The van der Waals surface area contributed by atoms with Crippen LogP contribution in [0.25, 0.3) is 0 Å². The van der Waals surface area contributed by atoms with E-state index in [9.17, 15) is 0 Å². The summed E-state index contributed by atoms with van der Waals surface area (Å²) < 4.78 is 5.64. The van der Waals surface area contributed by atoms with Crippen molar-refractivity contribution in [1.29, 1.82) is 0 Å². The van der Waals surface area contributed by atoms with Gasteiger partial charge in [0.15, 0.2) is 5.96 Å². The highest BCUT2D eigenvalue weighted by molar-refractivity contribution is 6.30. The molecule has 1 saturated heterocycles. The van der Waals surface area contributed by atoms with Crippen LogP contribution in [0.5, 0.6) is 0 Å². The van der Waals surface area contributed by atoms with Gasteiger partial charge in [0.1, 0.15) is 0 Å². The third kappa shape index (κ3) is 5.28. The van der Waals surface area contributed by atoms with Gasteiger partial charge in [0.25, 0.3) is 0 Å². The first kappa shape index (κ1) is 17.4. The maximum atomic E-state index is 6.09. The van der Waals surface area contributed by atoms with Crippen LogP contribution in [0.15, 0.2) is 29.3 Å². The van der Waals surface area contributed by atoms with Crippen molar-refractivity contribution in [3.63, 3.8) is 0 Å². The van der Waals surface area contributed by atoms with Gasteiger partial charge in [-0.05, 0) is 43.4 Å². The fourth-order valence-corrected chi connectivity index (χ4v) is 3.13. The zero-order chi connectivity index (χ0) is 16.8. The lowest BCUT2D eigenvalue weighted by molar-refractivity contribution is 0.129. The average Bonchev–Trinajstić information content (AvgIpc) is 3.29. The summed E-state index contributed by atoms with van der Waals surface area (Å²) in [5, 5.41) is 7.61. The lowest BCUT2D eigenvalue weighted by Crippen LogP contribution is -2.45. The number of halogens is 1. The maximum Gasteiger partial charge on any atom is 0.191 e. The number of nitrogens with one attached hydrogen (secondary N) is 2. The van der Waals surface area contributed by atoms with Crippen LogP contribution in [-0.2, 0) is 4.74 Å². The highest BCUT2D eigenvalue weighted by Crippen LogP contribution is 2.28. The molecule has 132 valence electrons. The first-order chi connectivity index (χ1) is 11.7. The molecule has 1 aromatic rings. The van der Waals surface area contributed by atoms with Crippen LogP contribution < -0.4 is 15.5 Å². The zero-order valence-corrected chi connectivity index (χ0v) is 15.1. The van der Waals surface area contributed by atoms with E-state index in [0.717, 1.165) is 56.2 Å². The minimum atomic E-state index is 0.391. The molecule has 1 atom stereocenters. The highest BCUT2D eigenvalue weighted by Gasteiger charge is 2.23. The van der Waals surface area contributed by atoms with Gasteiger partial charge in [-0.15, -0.1) is 0 Å². The number of aliphatic imine (C=N–C) groups is 1. The van der Waals surface area contributed by atoms with Crippen molar-refractivity contribution < 1.29 is 4.74 Å². The molecular weight excluding hydrogens is 324 g/mol. The second-order valence-electron chi connectivity index (χ2n) is 6.57. The van der Waals surface area contributed by atoms with Crippen LogP contribution >= 0.6 is 11.6 Å². The molecule has 2 fully saturated rings. The molecule has 2 aliphatic rings. The van der Waals surface area contributed by atoms with E-state index in [1.165, 1.54) is 18.5 Å². The third-order valence-corrected chi connectivity index (χ3v) is 4.75. The molecule has 0 spiro atoms. The van der Waals surface area contributed by atoms with Crippen LogP contribution in [0.4, 0.5) is 5.69 Å². The second kappa shape index (κ2) is 8.58. The number of rotatable bonds is 7. The summed E-state index contributed by atoms with van der Waals surface area (Å²) in [7, 11) is 1.81. The Kier molecular flexibility index (Phi) is 6.21. The van der Waals surface area contributed by atoms with Crippen LogP contribution in [-0.4, -0.2) is 51.9 Å². The summed E-state index contributed by atoms with van der Waals surface area (Å²) in [5.74, 6) is 1.67. The quantitative estimate of drug-likeness (QED) is 0.450. The summed E-state index contributed by atoms with van der Waals surface area (Å²) in [4.78, 5) is 6.66. The predicted molar refractivity (Wildman–Crippen MR) is 100 cm³/mol. The summed E-state index contributed by atoms with van der Waals surface area (Å²) in [6, 6.07) is 8.43. The molecule has 0 radical (unpaired) electrons. The number of benzene rings is 1. The van der Waals surface area contributed by atoms with Crippen LogP contribution in [0.3, 0.4) is 0 Å². The molecular formula is C18H27ClN4O. The Morgan fingerprint density at radius 3 is 3.00 bits per heavy atom. The molecule has 2 N–H and O–H groups in total. The zero-order valence-electron chi connectivity index (χ0n) is 14.3. The van der Waals surface area contributed by atoms with Gasteiger partial charge in [0, 0.05) is 50.0 Å². The van der Waals surface area contributed by atoms with Crippen LogP contribution in [0.2, 0.25) is 5.02 Å². The van der Waals surface area contributed by atoms with Crippen LogP contribution in [0, 0.1) is 5.92 Å². The van der Waals surface area contributed by atoms with E-state index >= 15 is 0 Å². The minimum Gasteiger partial charge on any atom is -0.379 e. The normalized spacial score (nSPS) is 21.2. The van der Waals surface area contributed by atoms with Crippen molar-refractivity contribution >= 4 is 23.2 Å². The van der Waals surface area contributed by atoms with Gasteiger partial charge in [-0.2, -0.15) is 0 Å². The van der Waals surface area contributed by atoms with Gasteiger partial charge >= 0.3 is 0 Å². The van der Waals surface area contributed by atoms with Gasteiger partial charge in [-0.1, -0.05) is 17.7 Å².